The lowest BCUT2D eigenvalue weighted by Crippen LogP contribution is -2.37. The molecule has 1 aromatic rings. The maximum atomic E-state index is 11.4. The first-order valence-electron chi connectivity index (χ1n) is 6.10. The number of amides is 3. The molecule has 0 saturated carbocycles. The highest BCUT2D eigenvalue weighted by atomic mass is 16.4. The summed E-state index contributed by atoms with van der Waals surface area (Å²) in [4.78, 5) is 34.3. The third-order valence-corrected chi connectivity index (χ3v) is 2.59. The van der Waals surface area contributed by atoms with Crippen LogP contribution >= 0.6 is 0 Å². The van der Waals surface area contributed by atoms with Crippen LogP contribution in [0.15, 0.2) is 30.3 Å². The van der Waals surface area contributed by atoms with Gasteiger partial charge in [-0.25, -0.2) is 4.79 Å². The zero-order valence-electron chi connectivity index (χ0n) is 10.9. The number of anilines is 1. The zero-order chi connectivity index (χ0) is 15.0. The van der Waals surface area contributed by atoms with Gasteiger partial charge in [-0.3, -0.25) is 14.9 Å². The third-order valence-electron chi connectivity index (χ3n) is 2.59. The van der Waals surface area contributed by atoms with Gasteiger partial charge in [-0.05, 0) is 12.1 Å². The molecule has 0 radical (unpaired) electrons. The minimum absolute atomic E-state index is 0.0354. The number of nitrogens with two attached hydrogens (primary N) is 1. The predicted molar refractivity (Wildman–Crippen MR) is 73.3 cm³/mol. The maximum Gasteiger partial charge on any atom is 0.318 e. The van der Waals surface area contributed by atoms with Crippen molar-refractivity contribution in [3.8, 4) is 0 Å². The predicted octanol–water partition coefficient (Wildman–Crippen LogP) is 0.553. The lowest BCUT2D eigenvalue weighted by atomic mass is 10.2. The van der Waals surface area contributed by atoms with Crippen LogP contribution < -0.4 is 16.0 Å². The van der Waals surface area contributed by atoms with Gasteiger partial charge >= 0.3 is 12.0 Å². The Morgan fingerprint density at radius 1 is 1.10 bits per heavy atom. The van der Waals surface area contributed by atoms with E-state index >= 15 is 0 Å². The SMILES string of the molecule is NC(=O)NC(=O)CCN(CCC(=O)O)c1ccccc1. The Labute approximate surface area is 116 Å². The number of imide groups is 1. The van der Waals surface area contributed by atoms with Crippen LogP contribution in [-0.4, -0.2) is 36.1 Å². The number of hydrogen-bond acceptors (Lipinski definition) is 4. The molecule has 0 unspecified atom stereocenters. The maximum absolute atomic E-state index is 11.4. The van der Waals surface area contributed by atoms with Crippen molar-refractivity contribution in [1.29, 1.82) is 0 Å². The number of benzene rings is 1. The molecule has 7 heteroatoms. The van der Waals surface area contributed by atoms with Crippen molar-refractivity contribution in [2.24, 2.45) is 5.73 Å². The molecule has 0 aliphatic heterocycles. The smallest absolute Gasteiger partial charge is 0.318 e. The molecular weight excluding hydrogens is 262 g/mol. The lowest BCUT2D eigenvalue weighted by Gasteiger charge is -2.23. The van der Waals surface area contributed by atoms with Crippen molar-refractivity contribution in [2.75, 3.05) is 18.0 Å². The number of carboxylic acids is 1. The van der Waals surface area contributed by atoms with E-state index in [0.717, 1.165) is 5.69 Å². The summed E-state index contributed by atoms with van der Waals surface area (Å²) in [7, 11) is 0. The normalized spacial score (nSPS) is 9.80. The molecule has 1 rings (SSSR count). The minimum Gasteiger partial charge on any atom is -0.481 e. The first-order valence-corrected chi connectivity index (χ1v) is 6.10. The number of aliphatic carboxylic acids is 1. The first-order chi connectivity index (χ1) is 9.49. The molecule has 0 aliphatic carbocycles. The number of primary amides is 1. The second-order valence-electron chi connectivity index (χ2n) is 4.13. The Kier molecular flexibility index (Phi) is 6.02. The monoisotopic (exact) mass is 279 g/mol. The molecule has 0 spiro atoms. The highest BCUT2D eigenvalue weighted by Gasteiger charge is 2.11. The van der Waals surface area contributed by atoms with Crippen LogP contribution in [0.3, 0.4) is 0 Å². The number of urea groups is 1. The van der Waals surface area contributed by atoms with Crippen molar-refractivity contribution in [2.45, 2.75) is 12.8 Å². The van der Waals surface area contributed by atoms with E-state index in [0.29, 0.717) is 6.54 Å². The molecule has 0 aliphatic rings. The molecule has 0 bridgehead atoms. The van der Waals surface area contributed by atoms with Crippen LogP contribution in [-0.2, 0) is 9.59 Å². The van der Waals surface area contributed by atoms with Gasteiger partial charge in [0.15, 0.2) is 0 Å². The number of para-hydroxylation sites is 1. The fraction of sp³-hybridized carbons (Fsp3) is 0.308. The van der Waals surface area contributed by atoms with E-state index in [1.807, 2.05) is 35.6 Å². The van der Waals surface area contributed by atoms with Crippen LogP contribution in [0.1, 0.15) is 12.8 Å². The second kappa shape index (κ2) is 7.78. The van der Waals surface area contributed by atoms with E-state index in [1.165, 1.54) is 0 Å². The van der Waals surface area contributed by atoms with Gasteiger partial charge in [-0.1, -0.05) is 18.2 Å². The molecule has 0 atom stereocenters. The summed E-state index contributed by atoms with van der Waals surface area (Å²) in [5.41, 5.74) is 5.67. The van der Waals surface area contributed by atoms with Gasteiger partial charge in [0.1, 0.15) is 0 Å². The summed E-state index contributed by atoms with van der Waals surface area (Å²) in [5, 5.41) is 10.7. The van der Waals surface area contributed by atoms with E-state index < -0.39 is 17.9 Å². The molecule has 3 amide bonds. The van der Waals surface area contributed by atoms with Gasteiger partial charge in [0.25, 0.3) is 0 Å². The molecule has 1 aromatic carbocycles. The number of carboxylic acid groups (broad SMARTS) is 1. The fourth-order valence-corrected chi connectivity index (χ4v) is 1.68. The molecule has 4 N–H and O–H groups in total. The zero-order valence-corrected chi connectivity index (χ0v) is 10.9. The summed E-state index contributed by atoms with van der Waals surface area (Å²) >= 11 is 0. The van der Waals surface area contributed by atoms with E-state index in [1.54, 1.807) is 4.90 Å². The average Bonchev–Trinajstić information content (AvgIpc) is 2.38. The lowest BCUT2D eigenvalue weighted by molar-refractivity contribution is -0.136. The molecule has 0 saturated heterocycles. The summed E-state index contributed by atoms with van der Waals surface area (Å²) in [6.45, 7) is 0.583. The molecular formula is C13H17N3O4. The second-order valence-corrected chi connectivity index (χ2v) is 4.13. The Morgan fingerprint density at radius 3 is 2.25 bits per heavy atom. The summed E-state index contributed by atoms with van der Waals surface area (Å²) in [6, 6.07) is 8.26. The van der Waals surface area contributed by atoms with Crippen molar-refractivity contribution in [3.63, 3.8) is 0 Å². The average molecular weight is 279 g/mol. The van der Waals surface area contributed by atoms with Crippen molar-refractivity contribution >= 4 is 23.6 Å². The van der Waals surface area contributed by atoms with E-state index in [-0.39, 0.29) is 19.4 Å². The Hall–Kier alpha value is -2.57. The van der Waals surface area contributed by atoms with E-state index in [2.05, 4.69) is 0 Å². The van der Waals surface area contributed by atoms with Gasteiger partial charge in [0, 0.05) is 25.2 Å². The van der Waals surface area contributed by atoms with Gasteiger partial charge < -0.3 is 15.7 Å². The highest BCUT2D eigenvalue weighted by molar-refractivity contribution is 5.93. The summed E-state index contributed by atoms with van der Waals surface area (Å²) < 4.78 is 0. The molecule has 108 valence electrons. The largest absolute Gasteiger partial charge is 0.481 e. The highest BCUT2D eigenvalue weighted by Crippen LogP contribution is 2.14. The Morgan fingerprint density at radius 2 is 1.70 bits per heavy atom. The van der Waals surface area contributed by atoms with Crippen LogP contribution in [0.5, 0.6) is 0 Å². The number of hydrogen-bond donors (Lipinski definition) is 3. The first kappa shape index (κ1) is 15.5. The van der Waals surface area contributed by atoms with E-state index in [9.17, 15) is 14.4 Å². The van der Waals surface area contributed by atoms with Gasteiger partial charge in [-0.15, -0.1) is 0 Å². The van der Waals surface area contributed by atoms with Gasteiger partial charge in [0.2, 0.25) is 5.91 Å². The van der Waals surface area contributed by atoms with Crippen LogP contribution in [0.4, 0.5) is 10.5 Å². The number of nitrogens with one attached hydrogen (secondary N) is 1. The van der Waals surface area contributed by atoms with Gasteiger partial charge in [0.05, 0.1) is 6.42 Å². The van der Waals surface area contributed by atoms with Crippen LogP contribution in [0, 0.1) is 0 Å². The Bertz CT molecular complexity index is 476. The van der Waals surface area contributed by atoms with Crippen molar-refractivity contribution in [1.82, 2.24) is 5.32 Å². The molecule has 0 heterocycles. The third kappa shape index (κ3) is 5.85. The van der Waals surface area contributed by atoms with E-state index in [4.69, 9.17) is 10.8 Å². The van der Waals surface area contributed by atoms with Gasteiger partial charge in [-0.2, -0.15) is 0 Å². The number of nitrogens with zero attached hydrogens (tertiary/aromatic N) is 1. The quantitative estimate of drug-likeness (QED) is 0.674. The molecule has 0 fully saturated rings. The number of carbonyl (C=O) groups excluding carboxylic acids is 2. The van der Waals surface area contributed by atoms with Crippen LogP contribution in [0.25, 0.3) is 0 Å². The molecule has 0 aromatic heterocycles. The number of rotatable bonds is 7. The molecule has 7 nitrogen and oxygen atoms in total. The summed E-state index contributed by atoms with van der Waals surface area (Å²) in [5.74, 6) is -1.40. The van der Waals surface area contributed by atoms with Crippen molar-refractivity contribution < 1.29 is 19.5 Å². The fourth-order valence-electron chi connectivity index (χ4n) is 1.68. The minimum atomic E-state index is -0.910. The van der Waals surface area contributed by atoms with Crippen LogP contribution in [0.2, 0.25) is 0 Å². The molecule has 20 heavy (non-hydrogen) atoms. The Balaban J connectivity index is 2.61. The van der Waals surface area contributed by atoms with Crippen molar-refractivity contribution in [3.05, 3.63) is 30.3 Å². The number of carbonyl (C=O) groups is 3. The topological polar surface area (TPSA) is 113 Å². The summed E-state index contributed by atoms with van der Waals surface area (Å²) in [6.07, 6.45) is 0.0176. The standard InChI is InChI=1S/C13H17N3O4/c14-13(20)15-11(17)6-8-16(9-7-12(18)19)10-4-2-1-3-5-10/h1-5H,6-9H2,(H,18,19)(H3,14,15,17,20).